The molecule has 0 spiro atoms. The van der Waals surface area contributed by atoms with Crippen LogP contribution in [-0.2, 0) is 0 Å². The van der Waals surface area contributed by atoms with Gasteiger partial charge in [0.15, 0.2) is 0 Å². The smallest absolute Gasteiger partial charge is 0.253 e. The molecule has 0 unspecified atom stereocenters. The summed E-state index contributed by atoms with van der Waals surface area (Å²) in [6.45, 7) is 3.47. The van der Waals surface area contributed by atoms with Crippen molar-refractivity contribution in [2.24, 2.45) is 0 Å². The van der Waals surface area contributed by atoms with E-state index in [0.29, 0.717) is 11.8 Å². The summed E-state index contributed by atoms with van der Waals surface area (Å²) >= 11 is 0. The van der Waals surface area contributed by atoms with Crippen LogP contribution in [0.5, 0.6) is 0 Å². The number of carbonyl (C=O) groups excluding carboxylic acids is 1. The maximum absolute atomic E-state index is 12.4. The third-order valence-electron chi connectivity index (χ3n) is 4.37. The molecule has 3 aromatic rings. The van der Waals surface area contributed by atoms with Crippen LogP contribution in [0.4, 0.5) is 0 Å². The maximum atomic E-state index is 12.4. The van der Waals surface area contributed by atoms with Gasteiger partial charge in [0.05, 0.1) is 5.56 Å². The van der Waals surface area contributed by atoms with Crippen LogP contribution in [-0.4, -0.2) is 39.1 Å². The number of nitrogens with zero attached hydrogens (tertiary/aromatic N) is 4. The monoisotopic (exact) mass is 334 g/mol. The Morgan fingerprint density at radius 2 is 1.72 bits per heavy atom. The Bertz CT molecular complexity index is 896. The van der Waals surface area contributed by atoms with Gasteiger partial charge in [0.1, 0.15) is 0 Å². The fraction of sp³-hybridized carbons (Fsp3) is 0.263. The van der Waals surface area contributed by atoms with Crippen LogP contribution < -0.4 is 0 Å². The van der Waals surface area contributed by atoms with Gasteiger partial charge in [0.25, 0.3) is 5.91 Å². The molecule has 1 aromatic carbocycles. The van der Waals surface area contributed by atoms with Crippen molar-refractivity contribution in [3.63, 3.8) is 0 Å². The molecule has 1 aliphatic rings. The lowest BCUT2D eigenvalue weighted by atomic mass is 10.0. The van der Waals surface area contributed by atoms with Crippen LogP contribution in [0.15, 0.2) is 47.1 Å². The number of benzene rings is 1. The minimum Gasteiger partial charge on any atom is -0.421 e. The van der Waals surface area contributed by atoms with Crippen molar-refractivity contribution in [2.45, 2.75) is 19.8 Å². The van der Waals surface area contributed by atoms with Gasteiger partial charge in [-0.15, -0.1) is 10.2 Å². The highest BCUT2D eigenvalue weighted by atomic mass is 16.4. The van der Waals surface area contributed by atoms with Gasteiger partial charge in [-0.1, -0.05) is 12.1 Å². The standard InChI is InChI=1S/C19H18N4O2/c1-13-21-22-18(25-13)17-10-16(11-20-12-17)14-4-6-15(7-5-14)19(24)23-8-2-3-9-23/h4-7,10-12H,2-3,8-9H2,1H3. The molecule has 1 aliphatic heterocycles. The van der Waals surface area contributed by atoms with Crippen molar-refractivity contribution >= 4 is 5.91 Å². The molecule has 1 saturated heterocycles. The molecule has 0 N–H and O–H groups in total. The van der Waals surface area contributed by atoms with E-state index in [-0.39, 0.29) is 5.91 Å². The molecule has 0 bridgehead atoms. The Morgan fingerprint density at radius 1 is 1.00 bits per heavy atom. The van der Waals surface area contributed by atoms with Crippen molar-refractivity contribution in [2.75, 3.05) is 13.1 Å². The number of likely N-dealkylation sites (tertiary alicyclic amines) is 1. The van der Waals surface area contributed by atoms with Gasteiger partial charge in [-0.05, 0) is 36.6 Å². The average molecular weight is 334 g/mol. The first-order valence-corrected chi connectivity index (χ1v) is 8.36. The zero-order chi connectivity index (χ0) is 17.2. The first-order valence-electron chi connectivity index (χ1n) is 8.36. The van der Waals surface area contributed by atoms with Crippen LogP contribution in [0.2, 0.25) is 0 Å². The molecule has 4 rings (SSSR count). The van der Waals surface area contributed by atoms with Gasteiger partial charge in [-0.3, -0.25) is 9.78 Å². The highest BCUT2D eigenvalue weighted by Gasteiger charge is 2.19. The molecule has 0 atom stereocenters. The number of rotatable bonds is 3. The second-order valence-electron chi connectivity index (χ2n) is 6.17. The largest absolute Gasteiger partial charge is 0.421 e. The molecule has 2 aromatic heterocycles. The van der Waals surface area contributed by atoms with Crippen LogP contribution >= 0.6 is 0 Å². The van der Waals surface area contributed by atoms with Crippen molar-refractivity contribution in [3.05, 3.63) is 54.2 Å². The Hall–Kier alpha value is -3.02. The summed E-state index contributed by atoms with van der Waals surface area (Å²) in [6, 6.07) is 9.60. The van der Waals surface area contributed by atoms with Gasteiger partial charge < -0.3 is 9.32 Å². The number of carbonyl (C=O) groups is 1. The van der Waals surface area contributed by atoms with E-state index in [0.717, 1.165) is 48.2 Å². The van der Waals surface area contributed by atoms with Gasteiger partial charge in [-0.25, -0.2) is 0 Å². The normalized spacial score (nSPS) is 14.0. The van der Waals surface area contributed by atoms with E-state index in [4.69, 9.17) is 4.42 Å². The van der Waals surface area contributed by atoms with Gasteiger partial charge >= 0.3 is 0 Å². The molecule has 6 nitrogen and oxygen atoms in total. The molecule has 0 aliphatic carbocycles. The Labute approximate surface area is 145 Å². The molecule has 0 saturated carbocycles. The van der Waals surface area contributed by atoms with E-state index >= 15 is 0 Å². The number of pyridine rings is 1. The number of hydrogen-bond acceptors (Lipinski definition) is 5. The highest BCUT2D eigenvalue weighted by molar-refractivity contribution is 5.94. The van der Waals surface area contributed by atoms with Crippen LogP contribution in [0, 0.1) is 6.92 Å². The molecular formula is C19H18N4O2. The minimum absolute atomic E-state index is 0.109. The summed E-state index contributed by atoms with van der Waals surface area (Å²) in [7, 11) is 0. The van der Waals surface area contributed by atoms with Crippen LogP contribution in [0.1, 0.15) is 29.1 Å². The topological polar surface area (TPSA) is 72.1 Å². The molecule has 1 amide bonds. The van der Waals surface area contributed by atoms with Crippen LogP contribution in [0.25, 0.3) is 22.6 Å². The molecule has 3 heterocycles. The van der Waals surface area contributed by atoms with Gasteiger partial charge in [0, 0.05) is 43.5 Å². The molecule has 126 valence electrons. The zero-order valence-electron chi connectivity index (χ0n) is 14.0. The third-order valence-corrected chi connectivity index (χ3v) is 4.37. The second-order valence-corrected chi connectivity index (χ2v) is 6.17. The third kappa shape index (κ3) is 3.15. The van der Waals surface area contributed by atoms with Crippen molar-refractivity contribution < 1.29 is 9.21 Å². The summed E-state index contributed by atoms with van der Waals surface area (Å²) in [4.78, 5) is 18.6. The lowest BCUT2D eigenvalue weighted by molar-refractivity contribution is 0.0793. The SMILES string of the molecule is Cc1nnc(-c2cncc(-c3ccc(C(=O)N4CCCC4)cc3)c2)o1. The lowest BCUT2D eigenvalue weighted by Gasteiger charge is -2.15. The summed E-state index contributed by atoms with van der Waals surface area (Å²) in [5.41, 5.74) is 3.43. The van der Waals surface area contributed by atoms with E-state index in [1.54, 1.807) is 19.3 Å². The predicted octanol–water partition coefficient (Wildman–Crippen LogP) is 3.34. The van der Waals surface area contributed by atoms with E-state index in [9.17, 15) is 4.79 Å². The van der Waals surface area contributed by atoms with Gasteiger partial charge in [0.2, 0.25) is 11.8 Å². The Kier molecular flexibility index (Phi) is 4.01. The Morgan fingerprint density at radius 3 is 2.40 bits per heavy atom. The van der Waals surface area contributed by atoms with Crippen molar-refractivity contribution in [1.82, 2.24) is 20.1 Å². The summed E-state index contributed by atoms with van der Waals surface area (Å²) < 4.78 is 5.46. The lowest BCUT2D eigenvalue weighted by Crippen LogP contribution is -2.27. The van der Waals surface area contributed by atoms with E-state index in [1.165, 1.54) is 0 Å². The first kappa shape index (κ1) is 15.5. The number of aryl methyl sites for hydroxylation is 1. The maximum Gasteiger partial charge on any atom is 0.253 e. The average Bonchev–Trinajstić information content (AvgIpc) is 3.33. The Balaban J connectivity index is 1.59. The fourth-order valence-electron chi connectivity index (χ4n) is 3.04. The molecule has 1 fully saturated rings. The molecular weight excluding hydrogens is 316 g/mol. The number of aromatic nitrogens is 3. The van der Waals surface area contributed by atoms with Crippen molar-refractivity contribution in [1.29, 1.82) is 0 Å². The molecule has 6 heteroatoms. The van der Waals surface area contributed by atoms with E-state index < -0.39 is 0 Å². The van der Waals surface area contributed by atoms with Crippen LogP contribution in [0.3, 0.4) is 0 Å². The summed E-state index contributed by atoms with van der Waals surface area (Å²) in [6.07, 6.45) is 5.67. The van der Waals surface area contributed by atoms with Gasteiger partial charge in [-0.2, -0.15) is 0 Å². The fourth-order valence-corrected chi connectivity index (χ4v) is 3.04. The second kappa shape index (κ2) is 6.47. The summed E-state index contributed by atoms with van der Waals surface area (Å²) in [5, 5.41) is 7.87. The van der Waals surface area contributed by atoms with E-state index in [2.05, 4.69) is 15.2 Å². The van der Waals surface area contributed by atoms with E-state index in [1.807, 2.05) is 35.2 Å². The first-order chi connectivity index (χ1) is 12.2. The number of amides is 1. The quantitative estimate of drug-likeness (QED) is 0.734. The molecule has 25 heavy (non-hydrogen) atoms. The predicted molar refractivity (Wildman–Crippen MR) is 92.8 cm³/mol. The minimum atomic E-state index is 0.109. The zero-order valence-corrected chi connectivity index (χ0v) is 14.0. The highest BCUT2D eigenvalue weighted by Crippen LogP contribution is 2.25. The number of hydrogen-bond donors (Lipinski definition) is 0. The van der Waals surface area contributed by atoms with Crippen molar-refractivity contribution in [3.8, 4) is 22.6 Å². The molecule has 0 radical (unpaired) electrons. The summed E-state index contributed by atoms with van der Waals surface area (Å²) in [5.74, 6) is 1.08.